The Labute approximate surface area is 140 Å². The number of hydrogen-bond donors (Lipinski definition) is 1. The predicted octanol–water partition coefficient (Wildman–Crippen LogP) is 2.03. The Morgan fingerprint density at radius 3 is 2.67 bits per heavy atom. The van der Waals surface area contributed by atoms with Crippen molar-refractivity contribution in [2.75, 3.05) is 16.8 Å². The molecule has 3 heterocycles. The zero-order valence-corrected chi connectivity index (χ0v) is 14.2. The number of hydrogen-bond acceptors (Lipinski definition) is 4. The van der Waals surface area contributed by atoms with Gasteiger partial charge in [-0.3, -0.25) is 4.79 Å². The number of nitrogens with zero attached hydrogens (tertiary/aromatic N) is 2. The van der Waals surface area contributed by atoms with E-state index >= 15 is 0 Å². The van der Waals surface area contributed by atoms with Gasteiger partial charge in [0.15, 0.2) is 9.84 Å². The molecule has 0 radical (unpaired) electrons. The molecule has 7 heteroatoms. The molecule has 2 aliphatic heterocycles. The SMILES string of the molecule is Cc1nn([C@H]2CCS(=O)(=O)C2)c2c1[C@@H](c1ccccc1)CC(=O)N2. The second-order valence-electron chi connectivity index (χ2n) is 6.56. The van der Waals surface area contributed by atoms with Crippen LogP contribution in [0.5, 0.6) is 0 Å². The van der Waals surface area contributed by atoms with Gasteiger partial charge in [0.25, 0.3) is 0 Å². The monoisotopic (exact) mass is 345 g/mol. The number of aromatic nitrogens is 2. The van der Waals surface area contributed by atoms with Gasteiger partial charge in [-0.2, -0.15) is 5.10 Å². The molecule has 0 unspecified atom stereocenters. The molecule has 1 aromatic heterocycles. The number of carbonyl (C=O) groups is 1. The fraction of sp³-hybridized carbons (Fsp3) is 0.412. The average Bonchev–Trinajstić information content (AvgIpc) is 3.07. The maximum absolute atomic E-state index is 12.2. The van der Waals surface area contributed by atoms with E-state index in [1.165, 1.54) is 0 Å². The fourth-order valence-corrected chi connectivity index (χ4v) is 5.47. The molecule has 126 valence electrons. The molecule has 2 aliphatic rings. The van der Waals surface area contributed by atoms with Crippen LogP contribution in [0, 0.1) is 6.92 Å². The van der Waals surface area contributed by atoms with Crippen LogP contribution in [-0.2, 0) is 14.6 Å². The molecule has 6 nitrogen and oxygen atoms in total. The summed E-state index contributed by atoms with van der Waals surface area (Å²) in [6.45, 7) is 1.92. The summed E-state index contributed by atoms with van der Waals surface area (Å²) >= 11 is 0. The van der Waals surface area contributed by atoms with Crippen molar-refractivity contribution >= 4 is 21.6 Å². The number of aryl methyl sites for hydroxylation is 1. The summed E-state index contributed by atoms with van der Waals surface area (Å²) in [5.41, 5.74) is 2.93. The van der Waals surface area contributed by atoms with E-state index in [4.69, 9.17) is 0 Å². The smallest absolute Gasteiger partial charge is 0.226 e. The van der Waals surface area contributed by atoms with Crippen molar-refractivity contribution in [3.8, 4) is 0 Å². The standard InChI is InChI=1S/C17H19N3O3S/c1-11-16-14(12-5-3-2-4-6-12)9-15(21)18-17(16)20(19-11)13-7-8-24(22,23)10-13/h2-6,13-14H,7-10H2,1H3,(H,18,21)/t13-,14+/m0/s1. The number of anilines is 1. The highest BCUT2D eigenvalue weighted by Gasteiger charge is 2.37. The van der Waals surface area contributed by atoms with Gasteiger partial charge in [0.1, 0.15) is 5.82 Å². The summed E-state index contributed by atoms with van der Waals surface area (Å²) in [4.78, 5) is 12.2. The first kappa shape index (κ1) is 15.4. The minimum atomic E-state index is -3.01. The number of amides is 1. The lowest BCUT2D eigenvalue weighted by atomic mass is 9.86. The lowest BCUT2D eigenvalue weighted by Crippen LogP contribution is -2.26. The van der Waals surface area contributed by atoms with Gasteiger partial charge in [-0.05, 0) is 18.9 Å². The predicted molar refractivity (Wildman–Crippen MR) is 90.8 cm³/mol. The average molecular weight is 345 g/mol. The highest BCUT2D eigenvalue weighted by Crippen LogP contribution is 2.41. The topological polar surface area (TPSA) is 81.1 Å². The molecular weight excluding hydrogens is 326 g/mol. The Balaban J connectivity index is 1.81. The van der Waals surface area contributed by atoms with Crippen LogP contribution < -0.4 is 5.32 Å². The first-order valence-corrected chi connectivity index (χ1v) is 9.91. The number of rotatable bonds is 2. The van der Waals surface area contributed by atoms with Crippen LogP contribution in [0.25, 0.3) is 0 Å². The summed E-state index contributed by atoms with van der Waals surface area (Å²) < 4.78 is 25.3. The molecule has 0 saturated carbocycles. The first-order valence-electron chi connectivity index (χ1n) is 8.09. The Morgan fingerprint density at radius 1 is 1.25 bits per heavy atom. The molecule has 1 fully saturated rings. The van der Waals surface area contributed by atoms with Gasteiger partial charge in [-0.25, -0.2) is 13.1 Å². The molecule has 2 atom stereocenters. The minimum Gasteiger partial charge on any atom is -0.311 e. The quantitative estimate of drug-likeness (QED) is 0.903. The zero-order valence-electron chi connectivity index (χ0n) is 13.4. The lowest BCUT2D eigenvalue weighted by Gasteiger charge is -2.25. The molecule has 1 aromatic carbocycles. The third-order valence-corrected chi connectivity index (χ3v) is 6.63. The first-order chi connectivity index (χ1) is 11.4. The molecule has 1 saturated heterocycles. The summed E-state index contributed by atoms with van der Waals surface area (Å²) in [7, 11) is -3.01. The van der Waals surface area contributed by atoms with Crippen LogP contribution in [0.3, 0.4) is 0 Å². The zero-order chi connectivity index (χ0) is 16.9. The third kappa shape index (κ3) is 2.53. The van der Waals surface area contributed by atoms with Crippen molar-refractivity contribution in [1.82, 2.24) is 9.78 Å². The molecule has 0 spiro atoms. The number of carbonyl (C=O) groups excluding carboxylic acids is 1. The van der Waals surface area contributed by atoms with Crippen LogP contribution >= 0.6 is 0 Å². The largest absolute Gasteiger partial charge is 0.311 e. The number of benzene rings is 1. The van der Waals surface area contributed by atoms with Gasteiger partial charge < -0.3 is 5.32 Å². The molecule has 24 heavy (non-hydrogen) atoms. The lowest BCUT2D eigenvalue weighted by molar-refractivity contribution is -0.116. The van der Waals surface area contributed by atoms with Gasteiger partial charge in [0, 0.05) is 17.9 Å². The van der Waals surface area contributed by atoms with Crippen molar-refractivity contribution in [1.29, 1.82) is 0 Å². The van der Waals surface area contributed by atoms with Crippen molar-refractivity contribution in [3.63, 3.8) is 0 Å². The van der Waals surface area contributed by atoms with Gasteiger partial charge >= 0.3 is 0 Å². The van der Waals surface area contributed by atoms with Crippen LogP contribution in [0.4, 0.5) is 5.82 Å². The maximum atomic E-state index is 12.2. The van der Waals surface area contributed by atoms with E-state index in [1.54, 1.807) is 4.68 Å². The van der Waals surface area contributed by atoms with Crippen molar-refractivity contribution < 1.29 is 13.2 Å². The summed E-state index contributed by atoms with van der Waals surface area (Å²) in [5.74, 6) is 0.841. The second kappa shape index (κ2) is 5.44. The highest BCUT2D eigenvalue weighted by atomic mass is 32.2. The molecule has 2 aromatic rings. The van der Waals surface area contributed by atoms with Gasteiger partial charge in [-0.1, -0.05) is 30.3 Å². The molecular formula is C17H19N3O3S. The Hall–Kier alpha value is -2.15. The third-order valence-electron chi connectivity index (χ3n) is 4.88. The van der Waals surface area contributed by atoms with E-state index in [0.29, 0.717) is 18.7 Å². The van der Waals surface area contributed by atoms with E-state index in [0.717, 1.165) is 16.8 Å². The van der Waals surface area contributed by atoms with Crippen LogP contribution in [0.15, 0.2) is 30.3 Å². The Morgan fingerprint density at radius 2 is 2.00 bits per heavy atom. The van der Waals surface area contributed by atoms with E-state index in [1.807, 2.05) is 37.3 Å². The van der Waals surface area contributed by atoms with Gasteiger partial charge in [-0.15, -0.1) is 0 Å². The normalized spacial score (nSPS) is 25.3. The Bertz CT molecular complexity index is 903. The van der Waals surface area contributed by atoms with E-state index < -0.39 is 9.84 Å². The minimum absolute atomic E-state index is 0.0401. The van der Waals surface area contributed by atoms with Crippen molar-refractivity contribution in [2.45, 2.75) is 31.7 Å². The Kier molecular flexibility index (Phi) is 3.49. The number of nitrogens with one attached hydrogen (secondary N) is 1. The summed E-state index contributed by atoms with van der Waals surface area (Å²) in [5, 5.41) is 7.51. The molecule has 0 bridgehead atoms. The van der Waals surface area contributed by atoms with Crippen LogP contribution in [-0.4, -0.2) is 35.6 Å². The fourth-order valence-electron chi connectivity index (χ4n) is 3.77. The van der Waals surface area contributed by atoms with Crippen LogP contribution in [0.2, 0.25) is 0 Å². The summed E-state index contributed by atoms with van der Waals surface area (Å²) in [6.07, 6.45) is 0.925. The van der Waals surface area contributed by atoms with Crippen molar-refractivity contribution in [3.05, 3.63) is 47.2 Å². The molecule has 0 aliphatic carbocycles. The van der Waals surface area contributed by atoms with E-state index in [2.05, 4.69) is 10.4 Å². The molecule has 4 rings (SSSR count). The summed E-state index contributed by atoms with van der Waals surface area (Å²) in [6, 6.07) is 9.71. The molecule has 1 amide bonds. The number of fused-ring (bicyclic) bond motifs is 1. The second-order valence-corrected chi connectivity index (χ2v) is 8.79. The van der Waals surface area contributed by atoms with E-state index in [-0.39, 0.29) is 29.4 Å². The van der Waals surface area contributed by atoms with Gasteiger partial charge in [0.05, 0.1) is 23.2 Å². The highest BCUT2D eigenvalue weighted by molar-refractivity contribution is 7.91. The maximum Gasteiger partial charge on any atom is 0.226 e. The van der Waals surface area contributed by atoms with E-state index in [9.17, 15) is 13.2 Å². The number of sulfone groups is 1. The van der Waals surface area contributed by atoms with Gasteiger partial charge in [0.2, 0.25) is 5.91 Å². The molecule has 1 N–H and O–H groups in total. The van der Waals surface area contributed by atoms with Crippen molar-refractivity contribution in [2.24, 2.45) is 0 Å². The van der Waals surface area contributed by atoms with Crippen LogP contribution in [0.1, 0.15) is 41.6 Å².